The molecule has 39 heavy (non-hydrogen) atoms. The van der Waals surface area contributed by atoms with Crippen LogP contribution in [0.25, 0.3) is 0 Å². The number of carbonyl (C=O) groups is 2. The first-order valence-electron chi connectivity index (χ1n) is 14.2. The van der Waals surface area contributed by atoms with Crippen molar-refractivity contribution in [1.82, 2.24) is 20.2 Å². The summed E-state index contributed by atoms with van der Waals surface area (Å²) in [4.78, 5) is 39.5. The summed E-state index contributed by atoms with van der Waals surface area (Å²) in [6.07, 6.45) is 4.72. The number of piperidine rings is 1. The Labute approximate surface area is 234 Å². The van der Waals surface area contributed by atoms with Crippen molar-refractivity contribution < 1.29 is 23.6 Å². The summed E-state index contributed by atoms with van der Waals surface area (Å²) in [5.74, 6) is 0.426. The molecule has 2 fully saturated rings. The van der Waals surface area contributed by atoms with Crippen molar-refractivity contribution in [3.05, 3.63) is 12.4 Å². The van der Waals surface area contributed by atoms with Gasteiger partial charge < -0.3 is 29.2 Å². The highest BCUT2D eigenvalue weighted by molar-refractivity contribution is 6.61. The van der Waals surface area contributed by atoms with Gasteiger partial charge >= 0.3 is 13.2 Å². The molecule has 1 N–H and O–H groups in total. The lowest BCUT2D eigenvalue weighted by molar-refractivity contribution is -0.135. The number of ether oxygens (including phenoxy) is 1. The Morgan fingerprint density at radius 3 is 2.15 bits per heavy atom. The number of anilines is 1. The number of aromatic nitrogens is 2. The van der Waals surface area contributed by atoms with E-state index >= 15 is 0 Å². The van der Waals surface area contributed by atoms with Gasteiger partial charge in [-0.3, -0.25) is 4.79 Å². The number of carbonyl (C=O) groups excluding carboxylic acids is 2. The maximum atomic E-state index is 13.6. The van der Waals surface area contributed by atoms with E-state index in [0.29, 0.717) is 19.0 Å². The van der Waals surface area contributed by atoms with Gasteiger partial charge in [-0.25, -0.2) is 14.8 Å². The molecule has 2 atom stereocenters. The molecule has 3 heterocycles. The monoisotopic (exact) mass is 545 g/mol. The van der Waals surface area contributed by atoms with Gasteiger partial charge in [0.05, 0.1) is 11.2 Å². The Hall–Kier alpha value is -2.40. The van der Waals surface area contributed by atoms with Crippen LogP contribution in [-0.4, -0.2) is 82.0 Å². The lowest BCUT2D eigenvalue weighted by Gasteiger charge is -2.42. The average Bonchev–Trinajstić information content (AvgIpc) is 3.03. The summed E-state index contributed by atoms with van der Waals surface area (Å²) in [5, 5.41) is 2.80. The van der Waals surface area contributed by atoms with Gasteiger partial charge in [0.15, 0.2) is 0 Å². The first kappa shape index (κ1) is 31.1. The summed E-state index contributed by atoms with van der Waals surface area (Å²) in [5.41, 5.74) is -0.745. The van der Waals surface area contributed by atoms with Gasteiger partial charge in [0.25, 0.3) is 0 Å². The largest absolute Gasteiger partial charge is 0.498 e. The molecule has 0 radical (unpaired) electrons. The van der Waals surface area contributed by atoms with Crippen LogP contribution >= 0.6 is 0 Å². The highest BCUT2D eigenvalue weighted by Crippen LogP contribution is 2.36. The molecule has 2 amide bonds. The molecule has 218 valence electrons. The molecule has 0 saturated carbocycles. The third-order valence-corrected chi connectivity index (χ3v) is 7.68. The third kappa shape index (κ3) is 7.42. The SMILES string of the molecule is CC(C)[C@@H](NC(=O)OC(C)(C)C)C(=O)N1CCC[C@H](N(c2ncc(B3OC(C)(C)C(C)(C)O3)cn2)C(C)C)C1. The summed E-state index contributed by atoms with van der Waals surface area (Å²) in [6.45, 7) is 22.7. The molecule has 10 nitrogen and oxygen atoms in total. The minimum Gasteiger partial charge on any atom is -0.444 e. The predicted molar refractivity (Wildman–Crippen MR) is 153 cm³/mol. The Bertz CT molecular complexity index is 993. The first-order valence-corrected chi connectivity index (χ1v) is 14.2. The van der Waals surface area contributed by atoms with Crippen molar-refractivity contribution in [2.75, 3.05) is 18.0 Å². The van der Waals surface area contributed by atoms with Gasteiger partial charge in [-0.2, -0.15) is 0 Å². The summed E-state index contributed by atoms with van der Waals surface area (Å²) < 4.78 is 17.7. The number of hydrogen-bond acceptors (Lipinski definition) is 8. The minimum absolute atomic E-state index is 0.0414. The van der Waals surface area contributed by atoms with E-state index in [9.17, 15) is 9.59 Å². The van der Waals surface area contributed by atoms with E-state index in [4.69, 9.17) is 24.0 Å². The van der Waals surface area contributed by atoms with Gasteiger partial charge in [-0.15, -0.1) is 0 Å². The second-order valence-electron chi connectivity index (χ2n) is 13.4. The van der Waals surface area contributed by atoms with E-state index in [1.54, 1.807) is 33.2 Å². The van der Waals surface area contributed by atoms with Gasteiger partial charge in [-0.05, 0) is 81.1 Å². The van der Waals surface area contributed by atoms with Crippen LogP contribution in [0, 0.1) is 5.92 Å². The number of alkyl carbamates (subject to hydrolysis) is 1. The van der Waals surface area contributed by atoms with Crippen molar-refractivity contribution >= 4 is 30.5 Å². The number of amides is 2. The van der Waals surface area contributed by atoms with E-state index < -0.39 is 36.1 Å². The maximum absolute atomic E-state index is 13.6. The molecule has 3 rings (SSSR count). The van der Waals surface area contributed by atoms with Gasteiger partial charge in [0.2, 0.25) is 11.9 Å². The molecule has 0 unspecified atom stereocenters. The van der Waals surface area contributed by atoms with Crippen LogP contribution in [-0.2, 0) is 18.8 Å². The summed E-state index contributed by atoms with van der Waals surface area (Å²) in [6, 6.07) is -0.505. The molecule has 2 aliphatic rings. The zero-order valence-electron chi connectivity index (χ0n) is 25.7. The van der Waals surface area contributed by atoms with Crippen LogP contribution < -0.4 is 15.7 Å². The van der Waals surface area contributed by atoms with Crippen LogP contribution in [0.1, 0.15) is 89.0 Å². The fraction of sp³-hybridized carbons (Fsp3) is 0.786. The standard InChI is InChI=1S/C28H48BN5O5/c1-18(2)22(32-25(36)37-26(5,6)7)23(35)33-14-12-13-21(17-33)34(19(3)4)24-30-15-20(16-31-24)29-38-27(8,9)28(10,11)39-29/h15-16,18-19,21-22H,12-14,17H2,1-11H3,(H,32,36)/t21-,22+/m0/s1. The number of nitrogens with zero attached hydrogens (tertiary/aromatic N) is 4. The van der Waals surface area contributed by atoms with Crippen LogP contribution in [0.3, 0.4) is 0 Å². The second-order valence-corrected chi connectivity index (χ2v) is 13.4. The lowest BCUT2D eigenvalue weighted by Crippen LogP contribution is -2.58. The lowest BCUT2D eigenvalue weighted by atomic mass is 9.81. The highest BCUT2D eigenvalue weighted by atomic mass is 16.7. The maximum Gasteiger partial charge on any atom is 0.498 e. The molecule has 1 aromatic heterocycles. The van der Waals surface area contributed by atoms with E-state index in [0.717, 1.165) is 18.3 Å². The van der Waals surface area contributed by atoms with Crippen LogP contribution in [0.2, 0.25) is 0 Å². The molecule has 0 aromatic carbocycles. The number of nitrogens with one attached hydrogen (secondary N) is 1. The van der Waals surface area contributed by atoms with Crippen molar-refractivity contribution in [2.24, 2.45) is 5.92 Å². The smallest absolute Gasteiger partial charge is 0.444 e. The van der Waals surface area contributed by atoms with Crippen LogP contribution in [0.4, 0.5) is 10.7 Å². The zero-order valence-corrected chi connectivity index (χ0v) is 25.7. The third-order valence-electron chi connectivity index (χ3n) is 7.68. The Morgan fingerprint density at radius 2 is 1.67 bits per heavy atom. The minimum atomic E-state index is -0.665. The predicted octanol–water partition coefficient (Wildman–Crippen LogP) is 3.53. The molecule has 2 saturated heterocycles. The van der Waals surface area contributed by atoms with E-state index in [1.165, 1.54) is 0 Å². The Morgan fingerprint density at radius 1 is 1.10 bits per heavy atom. The molecular formula is C28H48BN5O5. The molecular weight excluding hydrogens is 497 g/mol. The fourth-order valence-electron chi connectivity index (χ4n) is 4.91. The van der Waals surface area contributed by atoms with Crippen molar-refractivity contribution in [2.45, 2.75) is 124 Å². The summed E-state index contributed by atoms with van der Waals surface area (Å²) >= 11 is 0. The molecule has 0 bridgehead atoms. The fourth-order valence-corrected chi connectivity index (χ4v) is 4.91. The second kappa shape index (κ2) is 11.6. The van der Waals surface area contributed by atoms with Gasteiger partial charge in [-0.1, -0.05) is 13.8 Å². The topological polar surface area (TPSA) is 106 Å². The van der Waals surface area contributed by atoms with Gasteiger partial charge in [0, 0.05) is 43.0 Å². The number of rotatable bonds is 7. The molecule has 0 aliphatic carbocycles. The van der Waals surface area contributed by atoms with Crippen LogP contribution in [0.5, 0.6) is 0 Å². The van der Waals surface area contributed by atoms with E-state index in [1.807, 2.05) is 46.4 Å². The van der Waals surface area contributed by atoms with Crippen molar-refractivity contribution in [1.29, 1.82) is 0 Å². The van der Waals surface area contributed by atoms with Crippen LogP contribution in [0.15, 0.2) is 12.4 Å². The molecule has 11 heteroatoms. The molecule has 2 aliphatic heterocycles. The summed E-state index contributed by atoms with van der Waals surface area (Å²) in [7, 11) is -0.523. The first-order chi connectivity index (χ1) is 17.9. The van der Waals surface area contributed by atoms with E-state index in [2.05, 4.69) is 24.1 Å². The van der Waals surface area contributed by atoms with E-state index in [-0.39, 0.29) is 23.9 Å². The normalized spacial score (nSPS) is 21.7. The Kier molecular flexibility index (Phi) is 9.27. The average molecular weight is 546 g/mol. The zero-order chi connectivity index (χ0) is 29.3. The van der Waals surface area contributed by atoms with Crippen molar-refractivity contribution in [3.63, 3.8) is 0 Å². The molecule has 0 spiro atoms. The molecule has 1 aromatic rings. The quantitative estimate of drug-likeness (QED) is 0.519. The number of hydrogen-bond donors (Lipinski definition) is 1. The number of likely N-dealkylation sites (tertiary alicyclic amines) is 1. The Balaban J connectivity index is 1.73. The van der Waals surface area contributed by atoms with Gasteiger partial charge in [0.1, 0.15) is 11.6 Å². The highest BCUT2D eigenvalue weighted by Gasteiger charge is 2.52. The van der Waals surface area contributed by atoms with Crippen molar-refractivity contribution in [3.8, 4) is 0 Å².